The number of aromatic nitrogens is 2. The van der Waals surface area contributed by atoms with E-state index in [-0.39, 0.29) is 5.91 Å². The van der Waals surface area contributed by atoms with E-state index >= 15 is 0 Å². The van der Waals surface area contributed by atoms with Crippen molar-refractivity contribution in [3.63, 3.8) is 0 Å². The van der Waals surface area contributed by atoms with Gasteiger partial charge in [-0.25, -0.2) is 0 Å². The zero-order valence-electron chi connectivity index (χ0n) is 10.8. The molecule has 4 nitrogen and oxygen atoms in total. The fourth-order valence-corrected chi connectivity index (χ4v) is 2.66. The van der Waals surface area contributed by atoms with Crippen LogP contribution in [0.25, 0.3) is 0 Å². The largest absolute Gasteiger partial charge is 0.353 e. The number of nitrogens with one attached hydrogen (secondary N) is 1. The first-order valence-corrected chi connectivity index (χ1v) is 7.20. The van der Waals surface area contributed by atoms with Crippen LogP contribution in [0, 0.1) is 0 Å². The number of carbonyl (C=O) groups is 1. The number of halogens is 1. The molecule has 1 amide bonds. The maximum atomic E-state index is 12.3. The summed E-state index contributed by atoms with van der Waals surface area (Å²) in [6, 6.07) is 6.38. The molecule has 1 N–H and O–H groups in total. The van der Waals surface area contributed by atoms with Crippen LogP contribution in [-0.2, 0) is 13.6 Å². The van der Waals surface area contributed by atoms with Gasteiger partial charge in [0.2, 0.25) is 0 Å². The lowest BCUT2D eigenvalue weighted by molar-refractivity contribution is 0.0940. The molecule has 3 rings (SSSR count). The molecule has 1 saturated carbocycles. The van der Waals surface area contributed by atoms with Gasteiger partial charge in [0, 0.05) is 35.6 Å². The molecule has 2 aromatic heterocycles. The Bertz CT molecular complexity index is 610. The number of hydrogen-bond acceptors (Lipinski definition) is 1. The molecule has 0 radical (unpaired) electrons. The molecule has 100 valence electrons. The van der Waals surface area contributed by atoms with E-state index in [1.165, 1.54) is 12.8 Å². The van der Waals surface area contributed by atoms with Crippen molar-refractivity contribution in [3.05, 3.63) is 46.5 Å². The van der Waals surface area contributed by atoms with E-state index in [0.717, 1.165) is 15.9 Å². The molecule has 0 saturated heterocycles. The lowest BCUT2D eigenvalue weighted by Crippen LogP contribution is -2.26. The van der Waals surface area contributed by atoms with Gasteiger partial charge in [-0.1, -0.05) is 0 Å². The van der Waals surface area contributed by atoms with Crippen molar-refractivity contribution in [2.45, 2.75) is 25.4 Å². The Morgan fingerprint density at radius 1 is 1.53 bits per heavy atom. The molecule has 0 atom stereocenters. The maximum Gasteiger partial charge on any atom is 0.268 e. The Balaban J connectivity index is 1.72. The van der Waals surface area contributed by atoms with Crippen molar-refractivity contribution in [1.29, 1.82) is 0 Å². The van der Waals surface area contributed by atoms with Crippen molar-refractivity contribution >= 4 is 21.8 Å². The number of hydrogen-bond donors (Lipinski definition) is 1. The predicted octanol–water partition coefficient (Wildman–Crippen LogP) is 2.85. The third-order valence-electron chi connectivity index (χ3n) is 3.47. The zero-order valence-corrected chi connectivity index (χ0v) is 12.4. The van der Waals surface area contributed by atoms with Crippen LogP contribution in [0.3, 0.4) is 0 Å². The number of amides is 1. The molecule has 19 heavy (non-hydrogen) atoms. The summed E-state index contributed by atoms with van der Waals surface area (Å²) in [5.74, 6) is -0.0150. The summed E-state index contributed by atoms with van der Waals surface area (Å²) in [6.07, 6.45) is 6.30. The smallest absolute Gasteiger partial charge is 0.268 e. The summed E-state index contributed by atoms with van der Waals surface area (Å²) in [5.41, 5.74) is 1.83. The number of aryl methyl sites for hydroxylation is 1. The fourth-order valence-electron chi connectivity index (χ4n) is 2.22. The summed E-state index contributed by atoms with van der Waals surface area (Å²) >= 11 is 3.44. The first-order chi connectivity index (χ1) is 9.15. The predicted molar refractivity (Wildman–Crippen MR) is 77.0 cm³/mol. The molecular weight excluding hydrogens is 306 g/mol. The molecule has 2 heterocycles. The van der Waals surface area contributed by atoms with Crippen LogP contribution in [0.15, 0.2) is 35.1 Å². The van der Waals surface area contributed by atoms with Crippen molar-refractivity contribution in [2.24, 2.45) is 7.05 Å². The van der Waals surface area contributed by atoms with E-state index in [4.69, 9.17) is 0 Å². The van der Waals surface area contributed by atoms with Crippen LogP contribution in [0.1, 0.15) is 35.1 Å². The number of rotatable bonds is 4. The third-order valence-corrected chi connectivity index (χ3v) is 3.90. The highest BCUT2D eigenvalue weighted by Gasteiger charge is 2.27. The molecule has 0 aromatic carbocycles. The SMILES string of the molecule is Cn1cccc1CNC(=O)c1cc(Br)cn1C1CC1. The zero-order chi connectivity index (χ0) is 13.4. The van der Waals surface area contributed by atoms with Gasteiger partial charge in [0.25, 0.3) is 5.91 Å². The Kier molecular flexibility index (Phi) is 3.22. The summed E-state index contributed by atoms with van der Waals surface area (Å²) in [7, 11) is 1.98. The van der Waals surface area contributed by atoms with Gasteiger partial charge in [-0.3, -0.25) is 4.79 Å². The highest BCUT2D eigenvalue weighted by molar-refractivity contribution is 9.10. The number of carbonyl (C=O) groups excluding carboxylic acids is 1. The Morgan fingerprint density at radius 2 is 2.32 bits per heavy atom. The monoisotopic (exact) mass is 321 g/mol. The minimum Gasteiger partial charge on any atom is -0.353 e. The topological polar surface area (TPSA) is 39.0 Å². The maximum absolute atomic E-state index is 12.3. The lowest BCUT2D eigenvalue weighted by atomic mass is 10.3. The molecular formula is C14H16BrN3O. The minimum atomic E-state index is -0.0150. The molecule has 2 aromatic rings. The fraction of sp³-hybridized carbons (Fsp3) is 0.357. The molecule has 0 aliphatic heterocycles. The third kappa shape index (κ3) is 2.61. The second-order valence-electron chi connectivity index (χ2n) is 4.98. The first kappa shape index (κ1) is 12.5. The van der Waals surface area contributed by atoms with Crippen molar-refractivity contribution < 1.29 is 4.79 Å². The van der Waals surface area contributed by atoms with Crippen LogP contribution in [0.2, 0.25) is 0 Å². The van der Waals surface area contributed by atoms with Crippen LogP contribution < -0.4 is 5.32 Å². The molecule has 0 bridgehead atoms. The summed E-state index contributed by atoms with van der Waals surface area (Å²) in [6.45, 7) is 0.551. The first-order valence-electron chi connectivity index (χ1n) is 6.41. The lowest BCUT2D eigenvalue weighted by Gasteiger charge is -2.09. The Hall–Kier alpha value is -1.49. The van der Waals surface area contributed by atoms with Gasteiger partial charge in [0.15, 0.2) is 0 Å². The van der Waals surface area contributed by atoms with E-state index in [1.54, 1.807) is 0 Å². The van der Waals surface area contributed by atoms with E-state index < -0.39 is 0 Å². The molecule has 0 spiro atoms. The van der Waals surface area contributed by atoms with E-state index in [2.05, 4.69) is 25.8 Å². The molecule has 0 unspecified atom stereocenters. The van der Waals surface area contributed by atoms with Crippen molar-refractivity contribution in [1.82, 2.24) is 14.5 Å². The van der Waals surface area contributed by atoms with Crippen LogP contribution in [0.5, 0.6) is 0 Å². The van der Waals surface area contributed by atoms with Crippen molar-refractivity contribution in [3.8, 4) is 0 Å². The standard InChI is InChI=1S/C14H16BrN3O/c1-17-6-2-3-12(17)8-16-14(19)13-7-10(15)9-18(13)11-4-5-11/h2-3,6-7,9,11H,4-5,8H2,1H3,(H,16,19). The van der Waals surface area contributed by atoms with E-state index in [9.17, 15) is 4.79 Å². The van der Waals surface area contributed by atoms with Crippen molar-refractivity contribution in [2.75, 3.05) is 0 Å². The number of nitrogens with zero attached hydrogens (tertiary/aromatic N) is 2. The molecule has 1 aliphatic rings. The van der Waals surface area contributed by atoms with Gasteiger partial charge in [-0.2, -0.15) is 0 Å². The van der Waals surface area contributed by atoms with Crippen LogP contribution in [-0.4, -0.2) is 15.0 Å². The highest BCUT2D eigenvalue weighted by atomic mass is 79.9. The van der Waals surface area contributed by atoms with Gasteiger partial charge in [0.1, 0.15) is 5.69 Å². The minimum absolute atomic E-state index is 0.0150. The van der Waals surface area contributed by atoms with Gasteiger partial charge in [-0.15, -0.1) is 0 Å². The van der Waals surface area contributed by atoms with E-state index in [0.29, 0.717) is 12.6 Å². The van der Waals surface area contributed by atoms with Gasteiger partial charge in [-0.05, 0) is 47.0 Å². The average Bonchev–Trinajstić information content (AvgIpc) is 3.04. The molecule has 1 fully saturated rings. The highest BCUT2D eigenvalue weighted by Crippen LogP contribution is 2.37. The Labute approximate surface area is 120 Å². The van der Waals surface area contributed by atoms with Gasteiger partial charge >= 0.3 is 0 Å². The molecule has 1 aliphatic carbocycles. The second kappa shape index (κ2) is 4.89. The summed E-state index contributed by atoms with van der Waals surface area (Å²) in [5, 5.41) is 2.98. The van der Waals surface area contributed by atoms with Crippen LogP contribution in [0.4, 0.5) is 0 Å². The quantitative estimate of drug-likeness (QED) is 0.924. The normalized spacial score (nSPS) is 14.6. The summed E-state index contributed by atoms with van der Waals surface area (Å²) in [4.78, 5) is 12.3. The second-order valence-corrected chi connectivity index (χ2v) is 5.89. The van der Waals surface area contributed by atoms with Crippen LogP contribution >= 0.6 is 15.9 Å². The van der Waals surface area contributed by atoms with Gasteiger partial charge in [0.05, 0.1) is 6.54 Å². The molecule has 5 heteroatoms. The average molecular weight is 322 g/mol. The summed E-state index contributed by atoms with van der Waals surface area (Å²) < 4.78 is 5.05. The van der Waals surface area contributed by atoms with Gasteiger partial charge < -0.3 is 14.5 Å². The Morgan fingerprint density at radius 3 is 2.95 bits per heavy atom. The van der Waals surface area contributed by atoms with E-state index in [1.807, 2.05) is 42.2 Å².